The topological polar surface area (TPSA) is 39.1 Å². The molecule has 0 aliphatic carbocycles. The Bertz CT molecular complexity index is 704. The molecule has 0 aliphatic rings. The van der Waals surface area contributed by atoms with Gasteiger partial charge in [-0.2, -0.15) is 0 Å². The van der Waals surface area contributed by atoms with Crippen LogP contribution in [0.1, 0.15) is 5.56 Å². The van der Waals surface area contributed by atoms with Crippen LogP contribution >= 0.6 is 23.2 Å². The second-order valence-corrected chi connectivity index (χ2v) is 6.41. The number of rotatable bonds is 4. The second-order valence-electron chi connectivity index (χ2n) is 3.81. The monoisotopic (exact) mass is 303 g/mol. The van der Waals surface area contributed by atoms with E-state index in [1.54, 1.807) is 18.2 Å². The zero-order valence-electron chi connectivity index (χ0n) is 9.44. The first-order valence-corrected chi connectivity index (χ1v) is 7.71. The summed E-state index contributed by atoms with van der Waals surface area (Å²) in [6.07, 6.45) is 2.89. The van der Waals surface area contributed by atoms with Crippen LogP contribution in [-0.4, -0.2) is 18.1 Å². The van der Waals surface area contributed by atoms with Crippen molar-refractivity contribution in [3.05, 3.63) is 47.6 Å². The average Bonchev–Trinajstić information content (AvgIpc) is 2.67. The van der Waals surface area contributed by atoms with Crippen LogP contribution in [0.3, 0.4) is 0 Å². The van der Waals surface area contributed by atoms with Gasteiger partial charge in [0.25, 0.3) is 0 Å². The predicted octanol–water partition coefficient (Wildman–Crippen LogP) is 3.40. The summed E-state index contributed by atoms with van der Waals surface area (Å²) in [6.45, 7) is 3.45. The van der Waals surface area contributed by atoms with Crippen molar-refractivity contribution in [2.24, 2.45) is 0 Å². The van der Waals surface area contributed by atoms with E-state index >= 15 is 0 Å². The Balaban J connectivity index is 2.77. The number of hydrogen-bond donors (Lipinski definition) is 0. The van der Waals surface area contributed by atoms with Gasteiger partial charge in [-0.3, -0.25) is 0 Å². The number of hydrogen-bond acceptors (Lipinski definition) is 2. The fourth-order valence-electron chi connectivity index (χ4n) is 1.80. The maximum atomic E-state index is 12.1. The Labute approximate surface area is 116 Å². The van der Waals surface area contributed by atoms with E-state index in [0.717, 1.165) is 10.9 Å². The van der Waals surface area contributed by atoms with E-state index in [2.05, 4.69) is 6.58 Å². The van der Waals surface area contributed by atoms with Crippen molar-refractivity contribution in [2.45, 2.75) is 5.88 Å². The van der Waals surface area contributed by atoms with Crippen LogP contribution in [0.15, 0.2) is 37.1 Å². The van der Waals surface area contributed by atoms with Gasteiger partial charge in [0.2, 0.25) is 10.0 Å². The lowest BCUT2D eigenvalue weighted by molar-refractivity contribution is 0.592. The molecule has 0 radical (unpaired) electrons. The first-order chi connectivity index (χ1) is 8.49. The molecule has 0 saturated carbocycles. The first kappa shape index (κ1) is 13.5. The number of halogens is 2. The zero-order chi connectivity index (χ0) is 13.3. The van der Waals surface area contributed by atoms with Crippen molar-refractivity contribution in [1.29, 1.82) is 0 Å². The third-order valence-electron chi connectivity index (χ3n) is 2.59. The lowest BCUT2D eigenvalue weighted by Gasteiger charge is -2.04. The minimum absolute atomic E-state index is 0.124. The normalized spacial score (nSPS) is 11.9. The quantitative estimate of drug-likeness (QED) is 0.641. The van der Waals surface area contributed by atoms with E-state index in [9.17, 15) is 8.42 Å². The fraction of sp³-hybridized carbons (Fsp3) is 0.167. The van der Waals surface area contributed by atoms with Crippen LogP contribution in [-0.2, 0) is 15.9 Å². The van der Waals surface area contributed by atoms with Gasteiger partial charge in [0.1, 0.15) is 0 Å². The van der Waals surface area contributed by atoms with Gasteiger partial charge in [-0.1, -0.05) is 17.7 Å². The van der Waals surface area contributed by atoms with Gasteiger partial charge in [-0.05, 0) is 23.8 Å². The molecule has 1 heterocycles. The predicted molar refractivity (Wildman–Crippen MR) is 75.9 cm³/mol. The van der Waals surface area contributed by atoms with Crippen molar-refractivity contribution in [3.8, 4) is 0 Å². The van der Waals surface area contributed by atoms with Crippen molar-refractivity contribution in [2.75, 3.05) is 5.75 Å². The zero-order valence-corrected chi connectivity index (χ0v) is 11.8. The summed E-state index contributed by atoms with van der Waals surface area (Å²) in [5.74, 6) is 0.106. The molecule has 2 aromatic rings. The summed E-state index contributed by atoms with van der Waals surface area (Å²) >= 11 is 11.7. The summed E-state index contributed by atoms with van der Waals surface area (Å²) in [7, 11) is -3.44. The molecule has 2 rings (SSSR count). The molecule has 96 valence electrons. The van der Waals surface area contributed by atoms with Gasteiger partial charge in [-0.25, -0.2) is 12.4 Å². The third-order valence-corrected chi connectivity index (χ3v) is 4.67. The highest BCUT2D eigenvalue weighted by Gasteiger charge is 2.17. The maximum Gasteiger partial charge on any atom is 0.242 e. The minimum Gasteiger partial charge on any atom is -0.244 e. The lowest BCUT2D eigenvalue weighted by Crippen LogP contribution is -2.14. The number of nitrogens with zero attached hydrogens (tertiary/aromatic N) is 1. The van der Waals surface area contributed by atoms with Crippen LogP contribution in [0.2, 0.25) is 5.02 Å². The largest absolute Gasteiger partial charge is 0.244 e. The van der Waals surface area contributed by atoms with Gasteiger partial charge in [0, 0.05) is 22.5 Å². The van der Waals surface area contributed by atoms with Gasteiger partial charge in [0.15, 0.2) is 0 Å². The highest BCUT2D eigenvalue weighted by atomic mass is 35.5. The molecule has 0 bridgehead atoms. The molecular formula is C12H11Cl2NO2S. The van der Waals surface area contributed by atoms with Crippen LogP contribution in [0.25, 0.3) is 10.9 Å². The molecule has 3 nitrogen and oxygen atoms in total. The molecule has 18 heavy (non-hydrogen) atoms. The summed E-state index contributed by atoms with van der Waals surface area (Å²) in [5, 5.41) is 1.30. The molecule has 0 fully saturated rings. The van der Waals surface area contributed by atoms with Crippen molar-refractivity contribution < 1.29 is 8.42 Å². The Hall–Kier alpha value is -0.970. The molecule has 0 unspecified atom stereocenters. The number of aromatic nitrogens is 1. The number of benzene rings is 1. The van der Waals surface area contributed by atoms with Gasteiger partial charge < -0.3 is 0 Å². The molecule has 1 aromatic heterocycles. The van der Waals surface area contributed by atoms with Crippen LogP contribution in [0, 0.1) is 0 Å². The van der Waals surface area contributed by atoms with E-state index in [1.165, 1.54) is 16.2 Å². The Morgan fingerprint density at radius 2 is 2.11 bits per heavy atom. The Kier molecular flexibility index (Phi) is 3.71. The summed E-state index contributed by atoms with van der Waals surface area (Å²) < 4.78 is 25.4. The molecule has 6 heteroatoms. The molecule has 0 amide bonds. The van der Waals surface area contributed by atoms with Crippen LogP contribution in [0.4, 0.5) is 0 Å². The van der Waals surface area contributed by atoms with E-state index in [4.69, 9.17) is 23.2 Å². The van der Waals surface area contributed by atoms with Gasteiger partial charge in [-0.15, -0.1) is 18.2 Å². The van der Waals surface area contributed by atoms with Crippen molar-refractivity contribution in [1.82, 2.24) is 3.97 Å². The molecule has 0 N–H and O–H groups in total. The summed E-state index contributed by atoms with van der Waals surface area (Å²) in [5.41, 5.74) is 1.32. The average molecular weight is 304 g/mol. The van der Waals surface area contributed by atoms with Crippen LogP contribution < -0.4 is 0 Å². The lowest BCUT2D eigenvalue weighted by atomic mass is 10.2. The van der Waals surface area contributed by atoms with Crippen molar-refractivity contribution in [3.63, 3.8) is 0 Å². The van der Waals surface area contributed by atoms with E-state index in [1.807, 2.05) is 0 Å². The summed E-state index contributed by atoms with van der Waals surface area (Å²) in [4.78, 5) is 0. The van der Waals surface area contributed by atoms with E-state index in [0.29, 0.717) is 10.5 Å². The highest BCUT2D eigenvalue weighted by Crippen LogP contribution is 2.27. The fourth-order valence-corrected chi connectivity index (χ4v) is 3.39. The molecular weight excluding hydrogens is 293 g/mol. The number of alkyl halides is 1. The van der Waals surface area contributed by atoms with Crippen molar-refractivity contribution >= 4 is 44.1 Å². The van der Waals surface area contributed by atoms with Crippen LogP contribution in [0.5, 0.6) is 0 Å². The van der Waals surface area contributed by atoms with Gasteiger partial charge in [0.05, 0.1) is 11.3 Å². The molecule has 0 aliphatic heterocycles. The number of fused-ring (bicyclic) bond motifs is 1. The minimum atomic E-state index is -3.44. The highest BCUT2D eigenvalue weighted by molar-refractivity contribution is 7.90. The van der Waals surface area contributed by atoms with E-state index in [-0.39, 0.29) is 11.6 Å². The second kappa shape index (κ2) is 4.96. The molecule has 0 spiro atoms. The first-order valence-electron chi connectivity index (χ1n) is 5.19. The Morgan fingerprint density at radius 3 is 2.72 bits per heavy atom. The Morgan fingerprint density at radius 1 is 1.39 bits per heavy atom. The van der Waals surface area contributed by atoms with E-state index < -0.39 is 10.0 Å². The third kappa shape index (κ3) is 2.28. The molecule has 0 atom stereocenters. The smallest absolute Gasteiger partial charge is 0.242 e. The SMILES string of the molecule is C=CCS(=O)(=O)n1cc(CCl)c2cc(Cl)ccc21. The van der Waals surface area contributed by atoms with Gasteiger partial charge >= 0.3 is 0 Å². The molecule has 0 saturated heterocycles. The molecule has 1 aromatic carbocycles. The maximum absolute atomic E-state index is 12.1. The summed E-state index contributed by atoms with van der Waals surface area (Å²) in [6, 6.07) is 5.05. The standard InChI is InChI=1S/C12H11Cl2NO2S/c1-2-5-18(16,17)15-8-9(7-13)11-6-10(14)3-4-12(11)15/h2-4,6,8H,1,5,7H2.